The van der Waals surface area contributed by atoms with Gasteiger partial charge in [-0.3, -0.25) is 0 Å². The van der Waals surface area contributed by atoms with Gasteiger partial charge in [-0.15, -0.1) is 15.3 Å². The molecule has 2 aromatic carbocycles. The number of phenols is 1. The predicted molar refractivity (Wildman–Crippen MR) is 111 cm³/mol. The Morgan fingerprint density at radius 2 is 1.93 bits per heavy atom. The minimum Gasteiger partial charge on any atom is -0.506 e. The zero-order valence-electron chi connectivity index (χ0n) is 15.6. The van der Waals surface area contributed by atoms with Gasteiger partial charge in [-0.2, -0.15) is 4.52 Å². The normalized spacial score (nSPS) is 11.3. The Morgan fingerprint density at radius 3 is 2.71 bits per heavy atom. The van der Waals surface area contributed by atoms with Crippen LogP contribution in [0.25, 0.3) is 5.65 Å². The zero-order chi connectivity index (χ0) is 19.7. The van der Waals surface area contributed by atoms with E-state index in [1.165, 1.54) is 5.56 Å². The van der Waals surface area contributed by atoms with Gasteiger partial charge in [-0.25, -0.2) is 0 Å². The number of anilines is 2. The third-order valence-electron chi connectivity index (χ3n) is 4.53. The maximum atomic E-state index is 9.59. The first-order valence-corrected chi connectivity index (χ1v) is 9.43. The molecule has 0 fully saturated rings. The van der Waals surface area contributed by atoms with Crippen molar-refractivity contribution in [2.45, 2.75) is 26.2 Å². The average molecular weight is 394 g/mol. The zero-order valence-corrected chi connectivity index (χ0v) is 16.4. The van der Waals surface area contributed by atoms with Gasteiger partial charge in [0.25, 0.3) is 0 Å². The number of aromatic hydroxyl groups is 1. The largest absolute Gasteiger partial charge is 0.506 e. The summed E-state index contributed by atoms with van der Waals surface area (Å²) in [6.45, 7) is 4.34. The number of fused-ring (bicyclic) bond motifs is 1. The smallest absolute Gasteiger partial charge is 0.178 e. The second kappa shape index (κ2) is 7.48. The van der Waals surface area contributed by atoms with E-state index in [4.69, 9.17) is 11.6 Å². The monoisotopic (exact) mass is 393 g/mol. The van der Waals surface area contributed by atoms with Crippen LogP contribution in [0.2, 0.25) is 5.02 Å². The summed E-state index contributed by atoms with van der Waals surface area (Å²) in [5.74, 6) is 1.91. The van der Waals surface area contributed by atoms with E-state index in [2.05, 4.69) is 46.6 Å². The van der Waals surface area contributed by atoms with Gasteiger partial charge in [0.15, 0.2) is 17.3 Å². The Hall–Kier alpha value is -3.12. The van der Waals surface area contributed by atoms with Crippen molar-refractivity contribution in [2.75, 3.05) is 5.32 Å². The van der Waals surface area contributed by atoms with E-state index in [-0.39, 0.29) is 5.75 Å². The van der Waals surface area contributed by atoms with E-state index in [0.717, 1.165) is 11.3 Å². The summed E-state index contributed by atoms with van der Waals surface area (Å²) in [5.41, 5.74) is 3.83. The Labute approximate surface area is 167 Å². The summed E-state index contributed by atoms with van der Waals surface area (Å²) in [4.78, 5) is 0. The highest BCUT2D eigenvalue weighted by molar-refractivity contribution is 6.32. The number of nitrogens with one attached hydrogen (secondary N) is 1. The van der Waals surface area contributed by atoms with Crippen LogP contribution in [0.15, 0.2) is 54.6 Å². The highest BCUT2D eigenvalue weighted by atomic mass is 35.5. The van der Waals surface area contributed by atoms with Crippen molar-refractivity contribution in [1.82, 2.24) is 19.8 Å². The molecule has 4 rings (SSSR count). The molecular weight excluding hydrogens is 374 g/mol. The molecule has 0 spiro atoms. The summed E-state index contributed by atoms with van der Waals surface area (Å²) >= 11 is 6.00. The van der Waals surface area contributed by atoms with Crippen LogP contribution in [0.3, 0.4) is 0 Å². The first-order chi connectivity index (χ1) is 13.5. The van der Waals surface area contributed by atoms with E-state index in [1.54, 1.807) is 16.6 Å². The summed E-state index contributed by atoms with van der Waals surface area (Å²) < 4.78 is 1.72. The van der Waals surface area contributed by atoms with E-state index in [0.29, 0.717) is 34.7 Å². The molecule has 0 aliphatic rings. The number of hydrogen-bond donors (Lipinski definition) is 2. The predicted octanol–water partition coefficient (Wildman–Crippen LogP) is 4.94. The Bertz CT molecular complexity index is 1140. The molecule has 0 bridgehead atoms. The summed E-state index contributed by atoms with van der Waals surface area (Å²) in [6.07, 6.45) is 0.500. The summed E-state index contributed by atoms with van der Waals surface area (Å²) in [6, 6.07) is 17.2. The van der Waals surface area contributed by atoms with Crippen molar-refractivity contribution in [3.8, 4) is 5.75 Å². The van der Waals surface area contributed by atoms with Crippen LogP contribution >= 0.6 is 11.6 Å². The lowest BCUT2D eigenvalue weighted by Crippen LogP contribution is -2.03. The molecule has 7 heteroatoms. The molecule has 0 saturated heterocycles. The summed E-state index contributed by atoms with van der Waals surface area (Å²) in [5, 5.41) is 26.3. The Balaban J connectivity index is 1.62. The second-order valence-electron chi connectivity index (χ2n) is 6.97. The third kappa shape index (κ3) is 3.77. The molecule has 142 valence electrons. The van der Waals surface area contributed by atoms with E-state index >= 15 is 0 Å². The van der Waals surface area contributed by atoms with Crippen LogP contribution in [0.4, 0.5) is 11.5 Å². The van der Waals surface area contributed by atoms with Gasteiger partial charge in [0.1, 0.15) is 5.75 Å². The standard InChI is InChI=1S/C21H20ClN5O/c1-13(2)15-4-3-5-16(12-15)23-19-8-9-20-24-25-21(27(20)26-19)11-14-6-7-18(28)17(22)10-14/h3-10,12-13,28H,11H2,1-2H3,(H,23,26). The number of aromatic nitrogens is 4. The van der Waals surface area contributed by atoms with Crippen LogP contribution in [0, 0.1) is 0 Å². The molecule has 0 unspecified atom stereocenters. The number of rotatable bonds is 5. The molecule has 0 radical (unpaired) electrons. The maximum Gasteiger partial charge on any atom is 0.178 e. The molecule has 0 saturated carbocycles. The average Bonchev–Trinajstić information content (AvgIpc) is 3.07. The third-order valence-corrected chi connectivity index (χ3v) is 4.83. The molecule has 4 aromatic rings. The van der Waals surface area contributed by atoms with Crippen molar-refractivity contribution < 1.29 is 5.11 Å². The molecule has 0 amide bonds. The number of halogens is 1. The first kappa shape index (κ1) is 18.3. The molecule has 0 atom stereocenters. The quantitative estimate of drug-likeness (QED) is 0.502. The number of benzene rings is 2. The SMILES string of the molecule is CC(C)c1cccc(Nc2ccc3nnc(Cc4ccc(O)c(Cl)c4)n3n2)c1. The molecular formula is C21H20ClN5O. The van der Waals surface area contributed by atoms with Crippen molar-refractivity contribution in [3.63, 3.8) is 0 Å². The van der Waals surface area contributed by atoms with Crippen LogP contribution < -0.4 is 5.32 Å². The highest BCUT2D eigenvalue weighted by Gasteiger charge is 2.10. The van der Waals surface area contributed by atoms with Crippen molar-refractivity contribution >= 4 is 28.8 Å². The van der Waals surface area contributed by atoms with Crippen molar-refractivity contribution in [2.24, 2.45) is 0 Å². The van der Waals surface area contributed by atoms with E-state index in [9.17, 15) is 5.11 Å². The van der Waals surface area contributed by atoms with Gasteiger partial charge in [0.05, 0.1) is 5.02 Å². The lowest BCUT2D eigenvalue weighted by atomic mass is 10.0. The molecule has 0 aliphatic carbocycles. The number of phenolic OH excluding ortho intramolecular Hbond substituents is 1. The van der Waals surface area contributed by atoms with Gasteiger partial charge in [0, 0.05) is 12.1 Å². The van der Waals surface area contributed by atoms with Gasteiger partial charge in [0.2, 0.25) is 0 Å². The van der Waals surface area contributed by atoms with Crippen molar-refractivity contribution in [3.05, 3.63) is 76.6 Å². The minimum absolute atomic E-state index is 0.0600. The number of hydrogen-bond acceptors (Lipinski definition) is 5. The molecule has 2 N–H and O–H groups in total. The molecule has 2 heterocycles. The number of nitrogens with zero attached hydrogens (tertiary/aromatic N) is 4. The summed E-state index contributed by atoms with van der Waals surface area (Å²) in [7, 11) is 0. The van der Waals surface area contributed by atoms with Gasteiger partial charge < -0.3 is 10.4 Å². The van der Waals surface area contributed by atoms with Gasteiger partial charge >= 0.3 is 0 Å². The second-order valence-corrected chi connectivity index (χ2v) is 7.38. The lowest BCUT2D eigenvalue weighted by molar-refractivity contribution is 0.475. The van der Waals surface area contributed by atoms with Crippen LogP contribution in [-0.4, -0.2) is 24.9 Å². The molecule has 0 aliphatic heterocycles. The first-order valence-electron chi connectivity index (χ1n) is 9.05. The fraction of sp³-hybridized carbons (Fsp3) is 0.190. The minimum atomic E-state index is 0.0600. The fourth-order valence-corrected chi connectivity index (χ4v) is 3.18. The maximum absolute atomic E-state index is 9.59. The Kier molecular flexibility index (Phi) is 4.88. The van der Waals surface area contributed by atoms with Crippen molar-refractivity contribution in [1.29, 1.82) is 0 Å². The van der Waals surface area contributed by atoms with Crippen LogP contribution in [0.1, 0.15) is 36.7 Å². The molecule has 2 aromatic heterocycles. The van der Waals surface area contributed by atoms with Crippen LogP contribution in [-0.2, 0) is 6.42 Å². The van der Waals surface area contributed by atoms with Crippen LogP contribution in [0.5, 0.6) is 5.75 Å². The van der Waals surface area contributed by atoms with E-state index in [1.807, 2.05) is 30.3 Å². The van der Waals surface area contributed by atoms with Gasteiger partial charge in [-0.05, 0) is 53.4 Å². The topological polar surface area (TPSA) is 75.3 Å². The highest BCUT2D eigenvalue weighted by Crippen LogP contribution is 2.25. The Morgan fingerprint density at radius 1 is 1.07 bits per heavy atom. The fourth-order valence-electron chi connectivity index (χ4n) is 2.98. The molecule has 6 nitrogen and oxygen atoms in total. The van der Waals surface area contributed by atoms with Gasteiger partial charge in [-0.1, -0.05) is 43.6 Å². The lowest BCUT2D eigenvalue weighted by Gasteiger charge is -2.10. The van der Waals surface area contributed by atoms with E-state index < -0.39 is 0 Å². The molecule has 28 heavy (non-hydrogen) atoms.